The molecular formula is C17H18N2O5. The molecule has 7 nitrogen and oxygen atoms in total. The van der Waals surface area contributed by atoms with Gasteiger partial charge in [0.1, 0.15) is 0 Å². The quantitative estimate of drug-likeness (QED) is 0.387. The van der Waals surface area contributed by atoms with Crippen molar-refractivity contribution in [3.8, 4) is 0 Å². The van der Waals surface area contributed by atoms with Gasteiger partial charge in [0.25, 0.3) is 11.6 Å². The molecule has 2 aliphatic carbocycles. The maximum absolute atomic E-state index is 12.1. The lowest BCUT2D eigenvalue weighted by Gasteiger charge is -2.16. The van der Waals surface area contributed by atoms with E-state index in [1.54, 1.807) is 13.0 Å². The molecule has 0 saturated heterocycles. The molecule has 2 bridgehead atoms. The summed E-state index contributed by atoms with van der Waals surface area (Å²) in [6, 6.07) is 4.44. The third-order valence-corrected chi connectivity index (χ3v) is 4.70. The van der Waals surface area contributed by atoms with Gasteiger partial charge >= 0.3 is 5.97 Å². The van der Waals surface area contributed by atoms with Gasteiger partial charge in [-0.15, -0.1) is 0 Å². The number of hydrogen-bond donors (Lipinski definition) is 1. The van der Waals surface area contributed by atoms with Crippen molar-refractivity contribution < 1.29 is 19.2 Å². The average molecular weight is 330 g/mol. The summed E-state index contributed by atoms with van der Waals surface area (Å²) in [7, 11) is 0. The lowest BCUT2D eigenvalue weighted by atomic mass is 9.94. The van der Waals surface area contributed by atoms with E-state index in [2.05, 4.69) is 11.4 Å². The normalized spacial score (nSPS) is 24.0. The van der Waals surface area contributed by atoms with Crippen molar-refractivity contribution >= 4 is 23.3 Å². The highest BCUT2D eigenvalue weighted by atomic mass is 16.6. The summed E-state index contributed by atoms with van der Waals surface area (Å²) in [5.74, 6) is -0.339. The number of anilines is 1. The summed E-state index contributed by atoms with van der Waals surface area (Å²) < 4.78 is 5.11. The molecule has 1 amide bonds. The van der Waals surface area contributed by atoms with E-state index in [0.717, 1.165) is 12.8 Å². The Hall–Kier alpha value is -2.70. The number of rotatable bonds is 5. The van der Waals surface area contributed by atoms with Gasteiger partial charge in [0.15, 0.2) is 6.61 Å². The topological polar surface area (TPSA) is 98.5 Å². The summed E-state index contributed by atoms with van der Waals surface area (Å²) in [6.45, 7) is 1.17. The summed E-state index contributed by atoms with van der Waals surface area (Å²) in [5.41, 5.74) is 0.632. The van der Waals surface area contributed by atoms with Crippen LogP contribution in [0.4, 0.5) is 11.4 Å². The van der Waals surface area contributed by atoms with E-state index in [1.165, 1.54) is 12.1 Å². The Bertz CT molecular complexity index is 728. The monoisotopic (exact) mass is 330 g/mol. The Morgan fingerprint density at radius 1 is 1.33 bits per heavy atom. The van der Waals surface area contributed by atoms with Crippen LogP contribution in [-0.4, -0.2) is 23.4 Å². The van der Waals surface area contributed by atoms with Crippen LogP contribution in [0.25, 0.3) is 0 Å². The molecular weight excluding hydrogens is 312 g/mol. The molecule has 3 rings (SSSR count). The highest BCUT2D eigenvalue weighted by Crippen LogP contribution is 2.43. The Balaban J connectivity index is 1.55. The van der Waals surface area contributed by atoms with Gasteiger partial charge in [-0.3, -0.25) is 19.7 Å². The van der Waals surface area contributed by atoms with Crippen LogP contribution in [0.5, 0.6) is 0 Å². The van der Waals surface area contributed by atoms with E-state index in [9.17, 15) is 19.7 Å². The van der Waals surface area contributed by atoms with Gasteiger partial charge in [0.05, 0.1) is 22.1 Å². The number of carbonyl (C=O) groups excluding carboxylic acids is 2. The number of nitrogens with one attached hydrogen (secondary N) is 1. The maximum atomic E-state index is 12.1. The molecule has 3 unspecified atom stereocenters. The van der Waals surface area contributed by atoms with E-state index >= 15 is 0 Å². The van der Waals surface area contributed by atoms with Crippen LogP contribution >= 0.6 is 0 Å². The Morgan fingerprint density at radius 3 is 2.75 bits per heavy atom. The molecule has 3 atom stereocenters. The summed E-state index contributed by atoms with van der Waals surface area (Å²) >= 11 is 0. The molecule has 1 saturated carbocycles. The molecule has 1 aromatic rings. The molecule has 126 valence electrons. The van der Waals surface area contributed by atoms with Gasteiger partial charge in [-0.25, -0.2) is 0 Å². The molecule has 0 heterocycles. The molecule has 1 fully saturated rings. The van der Waals surface area contributed by atoms with Gasteiger partial charge in [-0.1, -0.05) is 18.2 Å². The Kier molecular flexibility index (Phi) is 4.33. The minimum atomic E-state index is -0.509. The van der Waals surface area contributed by atoms with Crippen molar-refractivity contribution in [1.82, 2.24) is 0 Å². The largest absolute Gasteiger partial charge is 0.455 e. The molecule has 0 aromatic heterocycles. The number of carbonyl (C=O) groups is 2. The number of ether oxygens (including phenoxy) is 1. The number of hydrogen-bond acceptors (Lipinski definition) is 5. The van der Waals surface area contributed by atoms with Gasteiger partial charge in [-0.05, 0) is 37.7 Å². The zero-order valence-electron chi connectivity index (χ0n) is 13.2. The predicted molar refractivity (Wildman–Crippen MR) is 86.3 cm³/mol. The number of fused-ring (bicyclic) bond motifs is 2. The minimum Gasteiger partial charge on any atom is -0.455 e. The molecule has 7 heteroatoms. The number of esters is 1. The highest BCUT2D eigenvalue weighted by molar-refractivity contribution is 5.94. The van der Waals surface area contributed by atoms with Crippen LogP contribution in [-0.2, 0) is 14.3 Å². The van der Waals surface area contributed by atoms with Crippen LogP contribution in [0.1, 0.15) is 18.4 Å². The van der Waals surface area contributed by atoms with E-state index in [0.29, 0.717) is 17.2 Å². The SMILES string of the molecule is Cc1c(NC(=O)COC(=O)C2CC3C=CC2C3)cccc1[N+](=O)[O-]. The van der Waals surface area contributed by atoms with Gasteiger partial charge in [0, 0.05) is 6.07 Å². The van der Waals surface area contributed by atoms with Crippen LogP contribution in [0.15, 0.2) is 30.4 Å². The molecule has 24 heavy (non-hydrogen) atoms. The van der Waals surface area contributed by atoms with Crippen LogP contribution in [0.2, 0.25) is 0 Å². The van der Waals surface area contributed by atoms with Crippen molar-refractivity contribution in [3.05, 3.63) is 46.0 Å². The highest BCUT2D eigenvalue weighted by Gasteiger charge is 2.40. The average Bonchev–Trinajstić information content (AvgIpc) is 3.17. The first-order chi connectivity index (χ1) is 11.5. The standard InChI is InChI=1S/C17H18N2O5/c1-10-14(3-2-4-15(10)19(22)23)18-16(20)9-24-17(21)13-8-11-5-6-12(13)7-11/h2-6,11-13H,7-9H2,1H3,(H,18,20). The molecule has 0 aliphatic heterocycles. The summed E-state index contributed by atoms with van der Waals surface area (Å²) in [6.07, 6.45) is 5.95. The zero-order valence-corrected chi connectivity index (χ0v) is 13.2. The van der Waals surface area contributed by atoms with Crippen LogP contribution in [0, 0.1) is 34.8 Å². The molecule has 0 spiro atoms. The van der Waals surface area contributed by atoms with Gasteiger partial charge in [-0.2, -0.15) is 0 Å². The van der Waals surface area contributed by atoms with E-state index in [-0.39, 0.29) is 23.5 Å². The summed E-state index contributed by atoms with van der Waals surface area (Å²) in [4.78, 5) is 34.4. The first-order valence-electron chi connectivity index (χ1n) is 7.84. The van der Waals surface area contributed by atoms with E-state index in [1.807, 2.05) is 6.08 Å². The number of benzene rings is 1. The second kappa shape index (κ2) is 6.43. The third kappa shape index (κ3) is 3.15. The van der Waals surface area contributed by atoms with E-state index < -0.39 is 17.4 Å². The van der Waals surface area contributed by atoms with Crippen molar-refractivity contribution in [1.29, 1.82) is 0 Å². The predicted octanol–water partition coefficient (Wildman–Crippen LogP) is 2.60. The Labute approximate surface area is 138 Å². The first-order valence-corrected chi connectivity index (χ1v) is 7.84. The first kappa shape index (κ1) is 16.2. The summed E-state index contributed by atoms with van der Waals surface area (Å²) in [5, 5.41) is 13.5. The zero-order chi connectivity index (χ0) is 17.3. The number of nitro benzene ring substituents is 1. The number of amides is 1. The smallest absolute Gasteiger partial charge is 0.310 e. The van der Waals surface area contributed by atoms with Crippen molar-refractivity contribution in [2.75, 3.05) is 11.9 Å². The van der Waals surface area contributed by atoms with Crippen LogP contribution < -0.4 is 5.32 Å². The Morgan fingerprint density at radius 2 is 2.12 bits per heavy atom. The van der Waals surface area contributed by atoms with Gasteiger partial charge in [0.2, 0.25) is 0 Å². The van der Waals surface area contributed by atoms with E-state index in [4.69, 9.17) is 4.74 Å². The lowest BCUT2D eigenvalue weighted by Crippen LogP contribution is -2.27. The van der Waals surface area contributed by atoms with Crippen LogP contribution in [0.3, 0.4) is 0 Å². The fraction of sp³-hybridized carbons (Fsp3) is 0.412. The molecule has 0 radical (unpaired) electrons. The molecule has 2 aliphatic rings. The maximum Gasteiger partial charge on any atom is 0.310 e. The third-order valence-electron chi connectivity index (χ3n) is 4.70. The fourth-order valence-electron chi connectivity index (χ4n) is 3.44. The number of nitrogens with zero attached hydrogens (tertiary/aromatic N) is 1. The lowest BCUT2D eigenvalue weighted by molar-refractivity contribution is -0.385. The second-order valence-corrected chi connectivity index (χ2v) is 6.25. The number of nitro groups is 1. The second-order valence-electron chi connectivity index (χ2n) is 6.25. The van der Waals surface area contributed by atoms with Crippen molar-refractivity contribution in [3.63, 3.8) is 0 Å². The van der Waals surface area contributed by atoms with Gasteiger partial charge < -0.3 is 10.1 Å². The van der Waals surface area contributed by atoms with Crippen molar-refractivity contribution in [2.24, 2.45) is 17.8 Å². The molecule has 1 N–H and O–H groups in total. The fourth-order valence-corrected chi connectivity index (χ4v) is 3.44. The number of allylic oxidation sites excluding steroid dienone is 2. The minimum absolute atomic E-state index is 0.0708. The molecule has 1 aromatic carbocycles. The van der Waals surface area contributed by atoms with Crippen molar-refractivity contribution in [2.45, 2.75) is 19.8 Å².